The van der Waals surface area contributed by atoms with E-state index in [1.165, 1.54) is 12.3 Å². The molecule has 0 unspecified atom stereocenters. The number of thiocarbonyl (C=S) groups is 2. The third-order valence-electron chi connectivity index (χ3n) is 1.07. The molecule has 0 fully saturated rings. The molecule has 0 radical (unpaired) electrons. The second-order valence-electron chi connectivity index (χ2n) is 1.79. The summed E-state index contributed by atoms with van der Waals surface area (Å²) in [7, 11) is 0. The van der Waals surface area contributed by atoms with E-state index in [1.54, 1.807) is 0 Å². The molecule has 1 aliphatic rings. The Hall–Kier alpha value is -0.940. The van der Waals surface area contributed by atoms with Gasteiger partial charge >= 0.3 is 5.97 Å². The zero-order chi connectivity index (χ0) is 8.43. The second-order valence-corrected chi connectivity index (χ2v) is 2.64. The lowest BCUT2D eigenvalue weighted by Gasteiger charge is -2.03. The quantitative estimate of drug-likeness (QED) is 0.613. The highest BCUT2D eigenvalue weighted by molar-refractivity contribution is 7.91. The SMILES string of the molecule is O=C(O)C1=NC=CC(=S)C1=S. The van der Waals surface area contributed by atoms with Crippen LogP contribution >= 0.6 is 24.4 Å². The van der Waals surface area contributed by atoms with Gasteiger partial charge in [0.1, 0.15) is 0 Å². The first-order chi connectivity index (χ1) is 5.13. The minimum atomic E-state index is -1.14. The monoisotopic (exact) mass is 185 g/mol. The fraction of sp³-hybridized carbons (Fsp3) is 0. The van der Waals surface area contributed by atoms with Crippen LogP contribution in [0, 0.1) is 0 Å². The third kappa shape index (κ3) is 1.55. The molecule has 3 nitrogen and oxygen atoms in total. The molecule has 1 N–H and O–H groups in total. The van der Waals surface area contributed by atoms with Crippen molar-refractivity contribution >= 4 is 45.8 Å². The Balaban J connectivity index is 3.06. The molecule has 0 bridgehead atoms. The molecule has 0 spiro atoms. The number of carboxylic acid groups (broad SMARTS) is 1. The van der Waals surface area contributed by atoms with E-state index in [4.69, 9.17) is 29.5 Å². The average Bonchev–Trinajstić information content (AvgIpc) is 1.94. The summed E-state index contributed by atoms with van der Waals surface area (Å²) < 4.78 is 0. The van der Waals surface area contributed by atoms with Crippen molar-refractivity contribution in [3.8, 4) is 0 Å². The van der Waals surface area contributed by atoms with E-state index in [-0.39, 0.29) is 10.6 Å². The van der Waals surface area contributed by atoms with Gasteiger partial charge < -0.3 is 5.11 Å². The minimum Gasteiger partial charge on any atom is -0.476 e. The summed E-state index contributed by atoms with van der Waals surface area (Å²) in [6.07, 6.45) is 2.84. The molecule has 0 aliphatic carbocycles. The molecule has 0 saturated heterocycles. The van der Waals surface area contributed by atoms with Crippen LogP contribution in [0.25, 0.3) is 0 Å². The molecule has 0 saturated carbocycles. The van der Waals surface area contributed by atoms with Gasteiger partial charge in [-0.2, -0.15) is 0 Å². The highest BCUT2D eigenvalue weighted by Crippen LogP contribution is 2.00. The first-order valence-corrected chi connectivity index (χ1v) is 3.51. The van der Waals surface area contributed by atoms with Crippen molar-refractivity contribution in [3.05, 3.63) is 12.3 Å². The first kappa shape index (κ1) is 8.16. The molecule has 1 rings (SSSR count). The van der Waals surface area contributed by atoms with Gasteiger partial charge in [-0.05, 0) is 6.08 Å². The zero-order valence-corrected chi connectivity index (χ0v) is 6.91. The normalized spacial score (nSPS) is 16.5. The Bertz CT molecular complexity index is 304. The van der Waals surface area contributed by atoms with Gasteiger partial charge in [-0.15, -0.1) is 0 Å². The van der Waals surface area contributed by atoms with Crippen molar-refractivity contribution in [2.45, 2.75) is 0 Å². The number of hydrogen-bond donors (Lipinski definition) is 1. The maximum atomic E-state index is 10.4. The Labute approximate surface area is 73.4 Å². The van der Waals surface area contributed by atoms with Gasteiger partial charge in [0.05, 0.1) is 9.73 Å². The average molecular weight is 185 g/mol. The zero-order valence-electron chi connectivity index (χ0n) is 5.27. The fourth-order valence-corrected chi connectivity index (χ4v) is 0.948. The molecule has 0 aromatic carbocycles. The van der Waals surface area contributed by atoms with Crippen LogP contribution in [-0.4, -0.2) is 26.5 Å². The number of hydrogen-bond acceptors (Lipinski definition) is 4. The van der Waals surface area contributed by atoms with Gasteiger partial charge in [0.15, 0.2) is 5.71 Å². The van der Waals surface area contributed by atoms with Gasteiger partial charge in [0.2, 0.25) is 0 Å². The van der Waals surface area contributed by atoms with Crippen molar-refractivity contribution in [2.24, 2.45) is 4.99 Å². The molecule has 56 valence electrons. The molecule has 1 heterocycles. The van der Waals surface area contributed by atoms with Gasteiger partial charge in [0, 0.05) is 6.20 Å². The number of carbonyl (C=O) groups is 1. The van der Waals surface area contributed by atoms with E-state index in [0.717, 1.165) is 0 Å². The van der Waals surface area contributed by atoms with E-state index >= 15 is 0 Å². The smallest absolute Gasteiger partial charge is 0.356 e. The van der Waals surface area contributed by atoms with E-state index in [2.05, 4.69) is 4.99 Å². The molecule has 0 atom stereocenters. The van der Waals surface area contributed by atoms with Crippen molar-refractivity contribution in [1.82, 2.24) is 0 Å². The van der Waals surface area contributed by atoms with Crippen LogP contribution in [0.3, 0.4) is 0 Å². The number of rotatable bonds is 1. The van der Waals surface area contributed by atoms with E-state index in [9.17, 15) is 4.79 Å². The van der Waals surface area contributed by atoms with Crippen molar-refractivity contribution in [2.75, 3.05) is 0 Å². The number of allylic oxidation sites excluding steroid dienone is 1. The van der Waals surface area contributed by atoms with Crippen LogP contribution in [0.1, 0.15) is 0 Å². The molecular formula is C6H3NO2S2. The Morgan fingerprint density at radius 2 is 2.18 bits per heavy atom. The van der Waals surface area contributed by atoms with Crippen LogP contribution in [0.4, 0.5) is 0 Å². The van der Waals surface area contributed by atoms with Gasteiger partial charge in [-0.1, -0.05) is 24.4 Å². The summed E-state index contributed by atoms with van der Waals surface area (Å²) >= 11 is 9.47. The van der Waals surface area contributed by atoms with Crippen molar-refractivity contribution in [1.29, 1.82) is 0 Å². The van der Waals surface area contributed by atoms with Crippen LogP contribution in [0.5, 0.6) is 0 Å². The summed E-state index contributed by atoms with van der Waals surface area (Å²) in [5, 5.41) is 8.51. The lowest BCUT2D eigenvalue weighted by atomic mass is 10.1. The highest BCUT2D eigenvalue weighted by atomic mass is 32.1. The highest BCUT2D eigenvalue weighted by Gasteiger charge is 2.19. The third-order valence-corrected chi connectivity index (χ3v) is 1.95. The summed E-state index contributed by atoms with van der Waals surface area (Å²) in [6, 6.07) is 0. The Kier molecular flexibility index (Phi) is 2.21. The van der Waals surface area contributed by atoms with Crippen LogP contribution in [0.15, 0.2) is 17.3 Å². The standard InChI is InChI=1S/C6H3NO2S2/c8-6(9)4-5(11)3(10)1-2-7-4/h1-2H,(H,8,9). The topological polar surface area (TPSA) is 49.7 Å². The fourth-order valence-electron chi connectivity index (χ4n) is 0.583. The summed E-state index contributed by atoms with van der Waals surface area (Å²) in [6.45, 7) is 0. The predicted molar refractivity (Wildman–Crippen MR) is 49.4 cm³/mol. The molecule has 0 aromatic heterocycles. The number of aliphatic carboxylic acids is 1. The first-order valence-electron chi connectivity index (χ1n) is 2.69. The molecule has 0 aromatic rings. The van der Waals surface area contributed by atoms with Crippen molar-refractivity contribution in [3.63, 3.8) is 0 Å². The van der Waals surface area contributed by atoms with Crippen LogP contribution < -0.4 is 0 Å². The lowest BCUT2D eigenvalue weighted by Crippen LogP contribution is -2.28. The molecule has 5 heteroatoms. The van der Waals surface area contributed by atoms with E-state index < -0.39 is 5.97 Å². The second kappa shape index (κ2) is 2.98. The number of nitrogens with zero attached hydrogens (tertiary/aromatic N) is 1. The van der Waals surface area contributed by atoms with Gasteiger partial charge in [-0.25, -0.2) is 9.79 Å². The maximum Gasteiger partial charge on any atom is 0.356 e. The summed E-state index contributed by atoms with van der Waals surface area (Å²) in [4.78, 5) is 14.5. The Morgan fingerprint density at radius 1 is 1.55 bits per heavy atom. The van der Waals surface area contributed by atoms with E-state index in [1.807, 2.05) is 0 Å². The number of carboxylic acids is 1. The largest absolute Gasteiger partial charge is 0.476 e. The molecule has 1 aliphatic heterocycles. The lowest BCUT2D eigenvalue weighted by molar-refractivity contribution is -0.129. The molecule has 11 heavy (non-hydrogen) atoms. The summed E-state index contributed by atoms with van der Waals surface area (Å²) in [5.41, 5.74) is -0.146. The maximum absolute atomic E-state index is 10.4. The van der Waals surface area contributed by atoms with Crippen molar-refractivity contribution < 1.29 is 9.90 Å². The molecule has 0 amide bonds. The van der Waals surface area contributed by atoms with Crippen LogP contribution in [0.2, 0.25) is 0 Å². The Morgan fingerprint density at radius 3 is 2.64 bits per heavy atom. The summed E-state index contributed by atoms with van der Waals surface area (Å²) in [5.74, 6) is -1.14. The van der Waals surface area contributed by atoms with Gasteiger partial charge in [-0.3, -0.25) is 0 Å². The predicted octanol–water partition coefficient (Wildman–Crippen LogP) is 0.779. The van der Waals surface area contributed by atoms with Crippen LogP contribution in [-0.2, 0) is 4.79 Å². The molecular weight excluding hydrogens is 182 g/mol. The number of aliphatic imine (C=N–C) groups is 1. The van der Waals surface area contributed by atoms with Gasteiger partial charge in [0.25, 0.3) is 0 Å². The van der Waals surface area contributed by atoms with E-state index in [0.29, 0.717) is 4.86 Å². The minimum absolute atomic E-state index is 0.134.